The number of benzene rings is 1. The molecule has 2 aromatic rings. The zero-order chi connectivity index (χ0) is 19.3. The largest absolute Gasteiger partial charge is 0.342 e. The summed E-state index contributed by atoms with van der Waals surface area (Å²) in [4.78, 5) is 35.6. The third-order valence-corrected chi connectivity index (χ3v) is 5.62. The van der Waals surface area contributed by atoms with Crippen LogP contribution in [0.4, 0.5) is 0 Å². The second-order valence-corrected chi connectivity index (χ2v) is 7.49. The maximum absolute atomic E-state index is 13.0. The lowest BCUT2D eigenvalue weighted by molar-refractivity contribution is -0.133. The first-order chi connectivity index (χ1) is 13.7. The number of carbonyl (C=O) groups is 2. The summed E-state index contributed by atoms with van der Waals surface area (Å²) >= 11 is 0. The molecule has 0 radical (unpaired) electrons. The minimum atomic E-state index is -0.0108. The van der Waals surface area contributed by atoms with Crippen molar-refractivity contribution in [2.24, 2.45) is 0 Å². The smallest absolute Gasteiger partial charge is 0.272 e. The van der Waals surface area contributed by atoms with E-state index in [0.29, 0.717) is 25.3 Å². The van der Waals surface area contributed by atoms with Gasteiger partial charge in [0.15, 0.2) is 0 Å². The molecule has 1 aromatic carbocycles. The van der Waals surface area contributed by atoms with Crippen LogP contribution in [0.5, 0.6) is 0 Å². The SMILES string of the molecule is O=C(CN1CCN(C(=O)c2cncn2-c2ccccc2)CC1)N1CCCCC1. The van der Waals surface area contributed by atoms with Gasteiger partial charge in [0.1, 0.15) is 5.69 Å². The second kappa shape index (κ2) is 8.56. The number of hydrogen-bond acceptors (Lipinski definition) is 4. The highest BCUT2D eigenvalue weighted by atomic mass is 16.2. The van der Waals surface area contributed by atoms with Crippen molar-refractivity contribution >= 4 is 11.8 Å². The van der Waals surface area contributed by atoms with E-state index in [0.717, 1.165) is 44.7 Å². The van der Waals surface area contributed by atoms with Crippen LogP contribution in [0.2, 0.25) is 0 Å². The quantitative estimate of drug-likeness (QED) is 0.808. The molecule has 0 saturated carbocycles. The lowest BCUT2D eigenvalue weighted by Gasteiger charge is -2.36. The predicted molar refractivity (Wildman–Crippen MR) is 106 cm³/mol. The van der Waals surface area contributed by atoms with Crippen LogP contribution >= 0.6 is 0 Å². The van der Waals surface area contributed by atoms with Crippen molar-refractivity contribution in [2.75, 3.05) is 45.8 Å². The van der Waals surface area contributed by atoms with Gasteiger partial charge in [0.05, 0.1) is 19.1 Å². The fourth-order valence-electron chi connectivity index (χ4n) is 3.95. The van der Waals surface area contributed by atoms with Crippen LogP contribution in [0, 0.1) is 0 Å². The summed E-state index contributed by atoms with van der Waals surface area (Å²) in [6.45, 7) is 4.96. The van der Waals surface area contributed by atoms with Crippen LogP contribution in [0.25, 0.3) is 5.69 Å². The van der Waals surface area contributed by atoms with Crippen LogP contribution in [0.1, 0.15) is 29.8 Å². The molecule has 1 aromatic heterocycles. The van der Waals surface area contributed by atoms with Crippen LogP contribution in [-0.2, 0) is 4.79 Å². The van der Waals surface area contributed by atoms with E-state index in [4.69, 9.17) is 0 Å². The molecule has 7 nitrogen and oxygen atoms in total. The van der Waals surface area contributed by atoms with Crippen LogP contribution in [0.15, 0.2) is 42.9 Å². The van der Waals surface area contributed by atoms with Gasteiger partial charge in [-0.25, -0.2) is 4.98 Å². The van der Waals surface area contributed by atoms with Crippen molar-refractivity contribution in [3.05, 3.63) is 48.5 Å². The molecule has 0 bridgehead atoms. The van der Waals surface area contributed by atoms with Crippen molar-refractivity contribution in [3.8, 4) is 5.69 Å². The topological polar surface area (TPSA) is 61.7 Å². The van der Waals surface area contributed by atoms with Crippen LogP contribution < -0.4 is 0 Å². The monoisotopic (exact) mass is 381 g/mol. The summed E-state index contributed by atoms with van der Waals surface area (Å²) in [6, 6.07) is 9.76. The zero-order valence-electron chi connectivity index (χ0n) is 16.2. The van der Waals surface area contributed by atoms with Gasteiger partial charge in [-0.1, -0.05) is 18.2 Å². The molecule has 2 aliphatic rings. The number of amides is 2. The summed E-state index contributed by atoms with van der Waals surface area (Å²) in [6.07, 6.45) is 6.76. The lowest BCUT2D eigenvalue weighted by atomic mass is 10.1. The number of piperidine rings is 1. The Morgan fingerprint density at radius 2 is 1.57 bits per heavy atom. The Morgan fingerprint density at radius 3 is 2.29 bits per heavy atom. The van der Waals surface area contributed by atoms with E-state index in [1.54, 1.807) is 12.5 Å². The van der Waals surface area contributed by atoms with Crippen molar-refractivity contribution in [3.63, 3.8) is 0 Å². The van der Waals surface area contributed by atoms with E-state index in [1.165, 1.54) is 6.42 Å². The number of piperazine rings is 1. The molecular weight excluding hydrogens is 354 g/mol. The number of imidazole rings is 1. The number of aromatic nitrogens is 2. The third-order valence-electron chi connectivity index (χ3n) is 5.62. The molecular formula is C21H27N5O2. The maximum atomic E-state index is 13.0. The molecule has 0 unspecified atom stereocenters. The average Bonchev–Trinajstić information content (AvgIpc) is 3.25. The number of hydrogen-bond donors (Lipinski definition) is 0. The van der Waals surface area contributed by atoms with Crippen LogP contribution in [0.3, 0.4) is 0 Å². The third kappa shape index (κ3) is 4.09. The Bertz CT molecular complexity index is 805. The van der Waals surface area contributed by atoms with Crippen molar-refractivity contribution in [1.29, 1.82) is 0 Å². The summed E-state index contributed by atoms with van der Waals surface area (Å²) in [5, 5.41) is 0. The lowest BCUT2D eigenvalue weighted by Crippen LogP contribution is -2.52. The Hall–Kier alpha value is -2.67. The Labute approximate surface area is 165 Å². The predicted octanol–water partition coefficient (Wildman–Crippen LogP) is 1.64. The molecule has 0 N–H and O–H groups in total. The number of carbonyl (C=O) groups excluding carboxylic acids is 2. The minimum Gasteiger partial charge on any atom is -0.342 e. The van der Waals surface area contributed by atoms with Gasteiger partial charge in [-0.05, 0) is 31.4 Å². The highest BCUT2D eigenvalue weighted by molar-refractivity contribution is 5.93. The number of para-hydroxylation sites is 1. The highest BCUT2D eigenvalue weighted by Gasteiger charge is 2.27. The fourth-order valence-corrected chi connectivity index (χ4v) is 3.95. The summed E-state index contributed by atoms with van der Waals surface area (Å²) < 4.78 is 1.83. The van der Waals surface area contributed by atoms with Gasteiger partial charge in [-0.2, -0.15) is 0 Å². The van der Waals surface area contributed by atoms with E-state index >= 15 is 0 Å². The first-order valence-electron chi connectivity index (χ1n) is 10.1. The molecule has 2 amide bonds. The van der Waals surface area contributed by atoms with E-state index in [9.17, 15) is 9.59 Å². The molecule has 28 heavy (non-hydrogen) atoms. The number of likely N-dealkylation sites (tertiary alicyclic amines) is 1. The van der Waals surface area contributed by atoms with Gasteiger partial charge in [0.2, 0.25) is 5.91 Å². The Kier molecular flexibility index (Phi) is 5.71. The molecule has 2 saturated heterocycles. The van der Waals surface area contributed by atoms with E-state index < -0.39 is 0 Å². The summed E-state index contributed by atoms with van der Waals surface area (Å²) in [7, 11) is 0. The Morgan fingerprint density at radius 1 is 0.857 bits per heavy atom. The van der Waals surface area contributed by atoms with Gasteiger partial charge >= 0.3 is 0 Å². The molecule has 0 spiro atoms. The molecule has 0 atom stereocenters. The zero-order valence-corrected chi connectivity index (χ0v) is 16.2. The molecule has 0 aliphatic carbocycles. The summed E-state index contributed by atoms with van der Waals surface area (Å²) in [5.74, 6) is 0.213. The van der Waals surface area contributed by atoms with Crippen molar-refractivity contribution < 1.29 is 9.59 Å². The van der Waals surface area contributed by atoms with E-state index in [2.05, 4.69) is 9.88 Å². The molecule has 2 aliphatic heterocycles. The first kappa shape index (κ1) is 18.7. The molecule has 4 rings (SSSR count). The van der Waals surface area contributed by atoms with Crippen LogP contribution in [-0.4, -0.2) is 81.9 Å². The van der Waals surface area contributed by atoms with E-state index in [1.807, 2.05) is 44.7 Å². The van der Waals surface area contributed by atoms with E-state index in [-0.39, 0.29) is 11.8 Å². The van der Waals surface area contributed by atoms with Gasteiger partial charge in [-0.15, -0.1) is 0 Å². The minimum absolute atomic E-state index is 0.0108. The maximum Gasteiger partial charge on any atom is 0.272 e. The van der Waals surface area contributed by atoms with Gasteiger partial charge in [-0.3, -0.25) is 19.1 Å². The highest BCUT2D eigenvalue weighted by Crippen LogP contribution is 2.15. The van der Waals surface area contributed by atoms with Gasteiger partial charge in [0, 0.05) is 45.0 Å². The Balaban J connectivity index is 1.34. The number of rotatable bonds is 4. The number of nitrogens with zero attached hydrogens (tertiary/aromatic N) is 5. The second-order valence-electron chi connectivity index (χ2n) is 7.49. The standard InChI is InChI=1S/C21H27N5O2/c27-20(24-9-5-2-6-10-24)16-23-11-13-25(14-12-23)21(28)19-15-22-17-26(19)18-7-3-1-4-8-18/h1,3-4,7-8,15,17H,2,5-6,9-14,16H2. The molecule has 148 valence electrons. The summed E-state index contributed by atoms with van der Waals surface area (Å²) in [5.41, 5.74) is 1.50. The molecule has 7 heteroatoms. The van der Waals surface area contributed by atoms with Gasteiger partial charge < -0.3 is 9.80 Å². The van der Waals surface area contributed by atoms with Gasteiger partial charge in [0.25, 0.3) is 5.91 Å². The normalized spacial score (nSPS) is 18.3. The first-order valence-corrected chi connectivity index (χ1v) is 10.1. The fraction of sp³-hybridized carbons (Fsp3) is 0.476. The average molecular weight is 381 g/mol. The molecule has 2 fully saturated rings. The van der Waals surface area contributed by atoms with Crippen molar-refractivity contribution in [2.45, 2.75) is 19.3 Å². The molecule has 3 heterocycles. The van der Waals surface area contributed by atoms with Crippen molar-refractivity contribution in [1.82, 2.24) is 24.3 Å².